The van der Waals surface area contributed by atoms with Crippen molar-refractivity contribution in [2.24, 2.45) is 0 Å². The first-order valence-corrected chi connectivity index (χ1v) is 4.92. The molecule has 0 amide bonds. The fraction of sp³-hybridized carbons (Fsp3) is 0.333. The Hall–Kier alpha value is -1.62. The molecule has 0 fully saturated rings. The molecule has 1 aromatic heterocycles. The first-order valence-electron chi connectivity index (χ1n) is 4.92. The highest BCUT2D eigenvalue weighted by Gasteiger charge is 2.18. The lowest BCUT2D eigenvalue weighted by atomic mass is 9.83. The first kappa shape index (κ1) is 8.96. The Balaban J connectivity index is 2.31. The van der Waals surface area contributed by atoms with Crippen molar-refractivity contribution in [2.75, 3.05) is 0 Å². The van der Waals surface area contributed by atoms with Gasteiger partial charge in [-0.3, -0.25) is 4.98 Å². The topological polar surface area (TPSA) is 36.7 Å². The van der Waals surface area contributed by atoms with E-state index in [1.807, 2.05) is 12.1 Å². The first-order chi connectivity index (χ1) is 6.92. The van der Waals surface area contributed by atoms with Gasteiger partial charge in [-0.2, -0.15) is 5.26 Å². The van der Waals surface area contributed by atoms with E-state index in [-0.39, 0.29) is 0 Å². The lowest BCUT2D eigenvalue weighted by Gasteiger charge is -2.19. The minimum absolute atomic E-state index is 0.303. The van der Waals surface area contributed by atoms with E-state index in [9.17, 15) is 0 Å². The molecule has 1 aromatic rings. The predicted molar refractivity (Wildman–Crippen MR) is 54.5 cm³/mol. The summed E-state index contributed by atoms with van der Waals surface area (Å²) in [6, 6.07) is 6.30. The summed E-state index contributed by atoms with van der Waals surface area (Å²) in [5.74, 6) is 0.303. The number of rotatable bonds is 1. The van der Waals surface area contributed by atoms with Gasteiger partial charge in [0.25, 0.3) is 0 Å². The summed E-state index contributed by atoms with van der Waals surface area (Å²) in [6.45, 7) is 0. The van der Waals surface area contributed by atoms with Crippen LogP contribution < -0.4 is 0 Å². The molecule has 0 spiro atoms. The fourth-order valence-corrected chi connectivity index (χ4v) is 1.94. The summed E-state index contributed by atoms with van der Waals surface area (Å²) in [5.41, 5.74) is 2.13. The Morgan fingerprint density at radius 1 is 1.36 bits per heavy atom. The Labute approximate surface area is 83.9 Å². The lowest BCUT2D eigenvalue weighted by molar-refractivity contribution is 0.635. The molecule has 0 aromatic carbocycles. The molecule has 2 nitrogen and oxygen atoms in total. The summed E-state index contributed by atoms with van der Waals surface area (Å²) in [6.07, 6.45) is 8.96. The summed E-state index contributed by atoms with van der Waals surface area (Å²) < 4.78 is 0. The lowest BCUT2D eigenvalue weighted by Crippen LogP contribution is -2.05. The number of nitriles is 1. The molecule has 0 bridgehead atoms. The molecule has 1 heterocycles. The smallest absolute Gasteiger partial charge is 0.0950 e. The maximum atomic E-state index is 8.99. The second-order valence-electron chi connectivity index (χ2n) is 3.54. The van der Waals surface area contributed by atoms with Crippen LogP contribution >= 0.6 is 0 Å². The van der Waals surface area contributed by atoms with Crippen molar-refractivity contribution in [3.8, 4) is 6.07 Å². The van der Waals surface area contributed by atoms with Gasteiger partial charge in [0.05, 0.1) is 6.07 Å². The third kappa shape index (κ3) is 1.67. The van der Waals surface area contributed by atoms with Gasteiger partial charge in [-0.05, 0) is 37.0 Å². The number of pyridine rings is 1. The van der Waals surface area contributed by atoms with Crippen LogP contribution in [0.4, 0.5) is 0 Å². The van der Waals surface area contributed by atoms with Gasteiger partial charge in [0, 0.05) is 23.9 Å². The molecule has 14 heavy (non-hydrogen) atoms. The second kappa shape index (κ2) is 4.06. The third-order valence-electron chi connectivity index (χ3n) is 2.67. The molecule has 2 rings (SSSR count). The summed E-state index contributed by atoms with van der Waals surface area (Å²) in [7, 11) is 0. The number of aromatic nitrogens is 1. The molecule has 0 aliphatic heterocycles. The van der Waals surface area contributed by atoms with Gasteiger partial charge in [-0.15, -0.1) is 0 Å². The molecule has 0 saturated heterocycles. The van der Waals surface area contributed by atoms with Crippen LogP contribution in [-0.2, 0) is 0 Å². The molecule has 0 N–H and O–H groups in total. The summed E-state index contributed by atoms with van der Waals surface area (Å²) in [4.78, 5) is 3.99. The quantitative estimate of drug-likeness (QED) is 0.673. The average Bonchev–Trinajstić information content (AvgIpc) is 2.30. The fourth-order valence-electron chi connectivity index (χ4n) is 1.94. The van der Waals surface area contributed by atoms with Gasteiger partial charge < -0.3 is 0 Å². The van der Waals surface area contributed by atoms with Gasteiger partial charge in [0.1, 0.15) is 0 Å². The van der Waals surface area contributed by atoms with Gasteiger partial charge in [-0.25, -0.2) is 0 Å². The van der Waals surface area contributed by atoms with Gasteiger partial charge in [-0.1, -0.05) is 6.08 Å². The van der Waals surface area contributed by atoms with Crippen molar-refractivity contribution < 1.29 is 0 Å². The van der Waals surface area contributed by atoms with E-state index in [4.69, 9.17) is 5.26 Å². The molecular weight excluding hydrogens is 172 g/mol. The van der Waals surface area contributed by atoms with E-state index < -0.39 is 0 Å². The van der Waals surface area contributed by atoms with E-state index in [0.29, 0.717) is 5.92 Å². The highest BCUT2D eigenvalue weighted by molar-refractivity contribution is 5.36. The standard InChI is InChI=1S/C12H12N2/c13-9-11-3-1-2-4-12(11)10-5-7-14-8-6-10/h3,5-8,12H,1-2,4H2. The summed E-state index contributed by atoms with van der Waals surface area (Å²) >= 11 is 0. The second-order valence-corrected chi connectivity index (χ2v) is 3.54. The zero-order chi connectivity index (χ0) is 9.80. The largest absolute Gasteiger partial charge is 0.265 e. The van der Waals surface area contributed by atoms with Crippen molar-refractivity contribution in [3.63, 3.8) is 0 Å². The van der Waals surface area contributed by atoms with E-state index in [0.717, 1.165) is 18.4 Å². The van der Waals surface area contributed by atoms with Crippen LogP contribution in [0, 0.1) is 11.3 Å². The Morgan fingerprint density at radius 3 is 2.86 bits per heavy atom. The summed E-state index contributed by atoms with van der Waals surface area (Å²) in [5, 5.41) is 8.99. The van der Waals surface area contributed by atoms with Crippen LogP contribution in [0.1, 0.15) is 30.7 Å². The van der Waals surface area contributed by atoms with Crippen molar-refractivity contribution in [1.82, 2.24) is 4.98 Å². The average molecular weight is 184 g/mol. The van der Waals surface area contributed by atoms with E-state index in [1.165, 1.54) is 12.0 Å². The maximum Gasteiger partial charge on any atom is 0.0950 e. The molecule has 0 radical (unpaired) electrons. The molecule has 70 valence electrons. The van der Waals surface area contributed by atoms with Gasteiger partial charge >= 0.3 is 0 Å². The monoisotopic (exact) mass is 184 g/mol. The highest BCUT2D eigenvalue weighted by atomic mass is 14.6. The minimum atomic E-state index is 0.303. The SMILES string of the molecule is N#CC1=CCCCC1c1ccncc1. The van der Waals surface area contributed by atoms with Crippen LogP contribution in [-0.4, -0.2) is 4.98 Å². The zero-order valence-corrected chi connectivity index (χ0v) is 7.98. The maximum absolute atomic E-state index is 8.99. The number of hydrogen-bond acceptors (Lipinski definition) is 2. The van der Waals surface area contributed by atoms with Crippen LogP contribution in [0.15, 0.2) is 36.2 Å². The van der Waals surface area contributed by atoms with Crippen LogP contribution in [0.2, 0.25) is 0 Å². The van der Waals surface area contributed by atoms with Crippen LogP contribution in [0.25, 0.3) is 0 Å². The molecule has 1 aliphatic carbocycles. The number of allylic oxidation sites excluding steroid dienone is 2. The minimum Gasteiger partial charge on any atom is -0.265 e. The highest BCUT2D eigenvalue weighted by Crippen LogP contribution is 2.32. The zero-order valence-electron chi connectivity index (χ0n) is 7.98. The Bertz CT molecular complexity index is 373. The molecule has 2 heteroatoms. The molecule has 1 aliphatic rings. The molecule has 1 unspecified atom stereocenters. The van der Waals surface area contributed by atoms with E-state index in [2.05, 4.69) is 17.1 Å². The van der Waals surface area contributed by atoms with Crippen LogP contribution in [0.3, 0.4) is 0 Å². The van der Waals surface area contributed by atoms with Gasteiger partial charge in [0.15, 0.2) is 0 Å². The van der Waals surface area contributed by atoms with Crippen molar-refractivity contribution in [1.29, 1.82) is 5.26 Å². The van der Waals surface area contributed by atoms with Crippen molar-refractivity contribution >= 4 is 0 Å². The van der Waals surface area contributed by atoms with E-state index in [1.54, 1.807) is 12.4 Å². The number of hydrogen-bond donors (Lipinski definition) is 0. The Kier molecular flexibility index (Phi) is 2.60. The van der Waals surface area contributed by atoms with E-state index >= 15 is 0 Å². The predicted octanol–water partition coefficient (Wildman–Crippen LogP) is 2.80. The molecule has 0 saturated carbocycles. The normalized spacial score (nSPS) is 21.1. The van der Waals surface area contributed by atoms with Crippen molar-refractivity contribution in [2.45, 2.75) is 25.2 Å². The Morgan fingerprint density at radius 2 is 2.14 bits per heavy atom. The van der Waals surface area contributed by atoms with Crippen molar-refractivity contribution in [3.05, 3.63) is 41.7 Å². The molecular formula is C12H12N2. The third-order valence-corrected chi connectivity index (χ3v) is 2.67. The van der Waals surface area contributed by atoms with Crippen LogP contribution in [0.5, 0.6) is 0 Å². The number of nitrogens with zero attached hydrogens (tertiary/aromatic N) is 2. The van der Waals surface area contributed by atoms with Gasteiger partial charge in [0.2, 0.25) is 0 Å². The molecule has 1 atom stereocenters.